The summed E-state index contributed by atoms with van der Waals surface area (Å²) in [5, 5.41) is 10.2. The molecule has 0 radical (unpaired) electrons. The largest absolute Gasteiger partial charge is 0.508 e. The molecule has 0 aliphatic carbocycles. The van der Waals surface area contributed by atoms with Crippen molar-refractivity contribution in [1.29, 1.82) is 0 Å². The van der Waals surface area contributed by atoms with Crippen molar-refractivity contribution in [2.45, 2.75) is 6.92 Å². The Hall–Kier alpha value is -2.82. The van der Waals surface area contributed by atoms with E-state index in [4.69, 9.17) is 4.42 Å². The lowest BCUT2D eigenvalue weighted by atomic mass is 10.1. The third kappa shape index (κ3) is 2.03. The number of carbonyl (C=O) groups excluding carboxylic acids is 1. The Balaban J connectivity index is 2.43. The Morgan fingerprint density at radius 2 is 1.95 bits per heavy atom. The van der Waals surface area contributed by atoms with Crippen molar-refractivity contribution in [1.82, 2.24) is 0 Å². The number of esters is 1. The van der Waals surface area contributed by atoms with Gasteiger partial charge in [0.1, 0.15) is 16.9 Å². The fourth-order valence-electron chi connectivity index (χ4n) is 2.36. The molecule has 3 aromatic rings. The number of carbonyl (C=O) groups is 1. The minimum absolute atomic E-state index is 0.00391. The zero-order valence-electron chi connectivity index (χ0n) is 11.5. The lowest BCUT2D eigenvalue weighted by Crippen LogP contribution is -2.06. The fourth-order valence-corrected chi connectivity index (χ4v) is 2.36. The number of aryl methyl sites for hydroxylation is 1. The second-order valence-corrected chi connectivity index (χ2v) is 4.77. The number of rotatable bonds is 1. The summed E-state index contributed by atoms with van der Waals surface area (Å²) >= 11 is 0. The summed E-state index contributed by atoms with van der Waals surface area (Å²) in [5.74, 6) is -0.528. The molecule has 1 heterocycles. The normalized spacial score (nSPS) is 11.0. The van der Waals surface area contributed by atoms with Crippen molar-refractivity contribution in [2.24, 2.45) is 0 Å². The molecule has 21 heavy (non-hydrogen) atoms. The predicted molar refractivity (Wildman–Crippen MR) is 77.7 cm³/mol. The summed E-state index contributed by atoms with van der Waals surface area (Å²) in [6.07, 6.45) is 0. The third-order valence-corrected chi connectivity index (χ3v) is 3.36. The number of benzene rings is 2. The van der Waals surface area contributed by atoms with Crippen molar-refractivity contribution in [3.05, 3.63) is 51.7 Å². The number of phenolic OH excluding ortho intramolecular Hbond substituents is 1. The average molecular weight is 284 g/mol. The van der Waals surface area contributed by atoms with Crippen molar-refractivity contribution in [2.75, 3.05) is 7.11 Å². The molecular formula is C16H12O5. The van der Waals surface area contributed by atoms with Gasteiger partial charge in [0.25, 0.3) is 0 Å². The van der Waals surface area contributed by atoms with Crippen molar-refractivity contribution < 1.29 is 19.1 Å². The maximum Gasteiger partial charge on any atom is 0.337 e. The van der Waals surface area contributed by atoms with Crippen molar-refractivity contribution in [3.63, 3.8) is 0 Å². The molecule has 5 nitrogen and oxygen atoms in total. The lowest BCUT2D eigenvalue weighted by Gasteiger charge is -2.06. The quantitative estimate of drug-likeness (QED) is 0.549. The summed E-state index contributed by atoms with van der Waals surface area (Å²) in [6.45, 7) is 1.75. The molecule has 3 rings (SSSR count). The van der Waals surface area contributed by atoms with E-state index in [-0.39, 0.29) is 27.5 Å². The van der Waals surface area contributed by atoms with E-state index in [0.717, 1.165) is 0 Å². The Kier molecular flexibility index (Phi) is 2.90. The highest BCUT2D eigenvalue weighted by Gasteiger charge is 2.13. The summed E-state index contributed by atoms with van der Waals surface area (Å²) in [7, 11) is 1.27. The van der Waals surface area contributed by atoms with E-state index in [9.17, 15) is 14.7 Å². The van der Waals surface area contributed by atoms with Gasteiger partial charge in [-0.2, -0.15) is 0 Å². The van der Waals surface area contributed by atoms with Crippen LogP contribution in [0.25, 0.3) is 21.9 Å². The number of hydrogen-bond donors (Lipinski definition) is 1. The second kappa shape index (κ2) is 4.63. The molecule has 0 fully saturated rings. The van der Waals surface area contributed by atoms with Crippen LogP contribution in [0.5, 0.6) is 5.75 Å². The van der Waals surface area contributed by atoms with Gasteiger partial charge in [-0.1, -0.05) is 0 Å². The van der Waals surface area contributed by atoms with Crippen LogP contribution in [0.3, 0.4) is 0 Å². The molecule has 0 amide bonds. The van der Waals surface area contributed by atoms with Gasteiger partial charge in [0.05, 0.1) is 23.4 Å². The van der Waals surface area contributed by atoms with Crippen LogP contribution in [0.2, 0.25) is 0 Å². The molecule has 0 aliphatic rings. The summed E-state index contributed by atoms with van der Waals surface area (Å²) in [5.41, 5.74) is 1.45. The van der Waals surface area contributed by atoms with Crippen LogP contribution < -0.4 is 5.43 Å². The number of phenols is 1. The number of aromatic hydroxyl groups is 1. The first-order valence-corrected chi connectivity index (χ1v) is 6.30. The number of fused-ring (bicyclic) bond motifs is 2. The van der Waals surface area contributed by atoms with E-state index < -0.39 is 5.97 Å². The highest BCUT2D eigenvalue weighted by molar-refractivity contribution is 5.97. The van der Waals surface area contributed by atoms with E-state index in [1.807, 2.05) is 0 Å². The van der Waals surface area contributed by atoms with Gasteiger partial charge >= 0.3 is 5.97 Å². The van der Waals surface area contributed by atoms with Gasteiger partial charge in [-0.25, -0.2) is 4.79 Å². The van der Waals surface area contributed by atoms with E-state index in [1.165, 1.54) is 25.3 Å². The van der Waals surface area contributed by atoms with Gasteiger partial charge in [0.15, 0.2) is 0 Å². The molecule has 0 bridgehead atoms. The summed E-state index contributed by atoms with van der Waals surface area (Å²) in [6, 6.07) is 7.43. The summed E-state index contributed by atoms with van der Waals surface area (Å²) in [4.78, 5) is 24.1. The van der Waals surface area contributed by atoms with Gasteiger partial charge < -0.3 is 14.3 Å². The molecule has 1 N–H and O–H groups in total. The van der Waals surface area contributed by atoms with Crippen LogP contribution in [-0.4, -0.2) is 18.2 Å². The highest BCUT2D eigenvalue weighted by Crippen LogP contribution is 2.26. The van der Waals surface area contributed by atoms with Crippen LogP contribution in [0.4, 0.5) is 0 Å². The van der Waals surface area contributed by atoms with E-state index >= 15 is 0 Å². The first-order valence-electron chi connectivity index (χ1n) is 6.30. The molecule has 0 saturated heterocycles. The number of methoxy groups -OCH3 is 1. The molecule has 1 aromatic heterocycles. The molecule has 0 atom stereocenters. The molecule has 0 aliphatic heterocycles. The number of ether oxygens (including phenoxy) is 1. The number of hydrogen-bond acceptors (Lipinski definition) is 5. The van der Waals surface area contributed by atoms with Gasteiger partial charge in [0, 0.05) is 0 Å². The zero-order valence-corrected chi connectivity index (χ0v) is 11.5. The van der Waals surface area contributed by atoms with Crippen LogP contribution in [0, 0.1) is 6.92 Å². The van der Waals surface area contributed by atoms with Gasteiger partial charge in [-0.05, 0) is 42.8 Å². The molecule has 0 saturated carbocycles. The third-order valence-electron chi connectivity index (χ3n) is 3.36. The smallest absolute Gasteiger partial charge is 0.337 e. The van der Waals surface area contributed by atoms with Gasteiger partial charge in [-0.15, -0.1) is 0 Å². The van der Waals surface area contributed by atoms with Crippen molar-refractivity contribution >= 4 is 27.9 Å². The summed E-state index contributed by atoms with van der Waals surface area (Å²) < 4.78 is 10.4. The second-order valence-electron chi connectivity index (χ2n) is 4.77. The monoisotopic (exact) mass is 284 g/mol. The van der Waals surface area contributed by atoms with Crippen LogP contribution in [0.1, 0.15) is 15.9 Å². The molecular weight excluding hydrogens is 272 g/mol. The average Bonchev–Trinajstić information content (AvgIpc) is 2.47. The Morgan fingerprint density at radius 1 is 1.19 bits per heavy atom. The Bertz CT molecular complexity index is 937. The molecule has 0 spiro atoms. The maximum absolute atomic E-state index is 12.5. The first-order chi connectivity index (χ1) is 10.0. The first kappa shape index (κ1) is 13.2. The lowest BCUT2D eigenvalue weighted by molar-refractivity contribution is 0.0601. The SMILES string of the molecule is COC(=O)c1ccc2oc3c(C)cc(O)cc3c(=O)c2c1. The van der Waals surface area contributed by atoms with Gasteiger partial charge in [0.2, 0.25) is 5.43 Å². The molecule has 5 heteroatoms. The van der Waals surface area contributed by atoms with Gasteiger partial charge in [-0.3, -0.25) is 4.79 Å². The van der Waals surface area contributed by atoms with Crippen LogP contribution in [-0.2, 0) is 4.74 Å². The molecule has 2 aromatic carbocycles. The zero-order chi connectivity index (χ0) is 15.1. The van der Waals surface area contributed by atoms with E-state index in [0.29, 0.717) is 16.7 Å². The highest BCUT2D eigenvalue weighted by atomic mass is 16.5. The van der Waals surface area contributed by atoms with Crippen molar-refractivity contribution in [3.8, 4) is 5.75 Å². The predicted octanol–water partition coefficient (Wildman–Crippen LogP) is 2.75. The molecule has 106 valence electrons. The van der Waals surface area contributed by atoms with E-state index in [1.54, 1.807) is 19.1 Å². The van der Waals surface area contributed by atoms with Crippen LogP contribution in [0.15, 0.2) is 39.5 Å². The Labute approximate surface area is 119 Å². The topological polar surface area (TPSA) is 76.7 Å². The fraction of sp³-hybridized carbons (Fsp3) is 0.125. The Morgan fingerprint density at radius 3 is 2.67 bits per heavy atom. The van der Waals surface area contributed by atoms with E-state index in [2.05, 4.69) is 4.74 Å². The molecule has 0 unspecified atom stereocenters. The standard InChI is InChI=1S/C16H12O5/c1-8-5-10(17)7-12-14(18)11-6-9(16(19)20-2)3-4-13(11)21-15(8)12/h3-7,17H,1-2H3. The maximum atomic E-state index is 12.5. The minimum Gasteiger partial charge on any atom is -0.508 e. The van der Waals surface area contributed by atoms with Crippen LogP contribution >= 0.6 is 0 Å². The minimum atomic E-state index is -0.525.